The molecule has 2 aliphatic rings. The van der Waals surface area contributed by atoms with Crippen molar-refractivity contribution in [2.24, 2.45) is 0 Å². The van der Waals surface area contributed by atoms with Crippen molar-refractivity contribution in [2.75, 3.05) is 51.0 Å². The molecular weight excluding hydrogens is 731 g/mol. The van der Waals surface area contributed by atoms with Gasteiger partial charge in [-0.05, 0) is 51.1 Å². The standard InChI is InChI=1S/C35H34F7N7O3S/c1-6-25(50)48-12-17(3)49(13-16(48)2)32-21-10-23(34(37,38)39)27(20-7-8-24(36)30-26(20)22(11-43)31(44)53-30)28(35(40,41)42)29(21)45-33(46-32)52-15-18-9-19(51-5)14-47(18)4/h6-8,10,16-19H,1,9,12-15,44H2,2-5H3. The summed E-state index contributed by atoms with van der Waals surface area (Å²) in [6, 6.07) is 1.80. The molecule has 0 spiro atoms. The molecule has 0 saturated carbocycles. The minimum Gasteiger partial charge on any atom is -0.462 e. The second-order valence-electron chi connectivity index (χ2n) is 13.2. The lowest BCUT2D eigenvalue weighted by molar-refractivity contribution is -0.141. The summed E-state index contributed by atoms with van der Waals surface area (Å²) in [7, 11) is 3.37. The molecule has 4 heterocycles. The Bertz CT molecular complexity index is 2150. The number of rotatable bonds is 7. The van der Waals surface area contributed by atoms with E-state index in [0.717, 1.165) is 18.2 Å². The van der Waals surface area contributed by atoms with Crippen LogP contribution in [0.15, 0.2) is 30.9 Å². The maximum atomic E-state index is 15.6. The third kappa shape index (κ3) is 6.81. The van der Waals surface area contributed by atoms with Crippen LogP contribution in [0.3, 0.4) is 0 Å². The van der Waals surface area contributed by atoms with Crippen molar-refractivity contribution in [1.82, 2.24) is 19.8 Å². The number of likely N-dealkylation sites (tertiary alicyclic amines) is 1. The van der Waals surface area contributed by atoms with Gasteiger partial charge in [0, 0.05) is 61.2 Å². The highest BCUT2D eigenvalue weighted by Gasteiger charge is 2.46. The van der Waals surface area contributed by atoms with Crippen LogP contribution in [0.2, 0.25) is 0 Å². The molecule has 10 nitrogen and oxygen atoms in total. The predicted molar refractivity (Wildman–Crippen MR) is 185 cm³/mol. The van der Waals surface area contributed by atoms with Gasteiger partial charge in [-0.2, -0.15) is 41.6 Å². The Labute approximate surface area is 303 Å². The number of methoxy groups -OCH3 is 1. The zero-order valence-electron chi connectivity index (χ0n) is 28.9. The average Bonchev–Trinajstić information content (AvgIpc) is 3.64. The molecule has 1 amide bonds. The van der Waals surface area contributed by atoms with Gasteiger partial charge >= 0.3 is 18.4 Å². The Morgan fingerprint density at radius 1 is 1.13 bits per heavy atom. The van der Waals surface area contributed by atoms with E-state index >= 15 is 30.7 Å². The van der Waals surface area contributed by atoms with Crippen LogP contribution in [0.4, 0.5) is 41.6 Å². The number of amides is 1. The third-order valence-electron chi connectivity index (χ3n) is 9.84. The number of anilines is 2. The summed E-state index contributed by atoms with van der Waals surface area (Å²) < 4.78 is 118. The number of benzene rings is 2. The number of halogens is 7. The number of nitrogens with two attached hydrogens (primary N) is 1. The van der Waals surface area contributed by atoms with Gasteiger partial charge in [-0.3, -0.25) is 9.69 Å². The lowest BCUT2D eigenvalue weighted by atomic mass is 9.88. The van der Waals surface area contributed by atoms with Gasteiger partial charge in [0.15, 0.2) is 0 Å². The van der Waals surface area contributed by atoms with Gasteiger partial charge in [-0.25, -0.2) is 4.39 Å². The Morgan fingerprint density at radius 3 is 2.45 bits per heavy atom. The zero-order chi connectivity index (χ0) is 38.7. The molecule has 2 aromatic heterocycles. The van der Waals surface area contributed by atoms with Crippen LogP contribution in [0, 0.1) is 17.1 Å². The van der Waals surface area contributed by atoms with Gasteiger partial charge in [0.1, 0.15) is 29.3 Å². The number of carbonyl (C=O) groups is 1. The van der Waals surface area contributed by atoms with Crippen molar-refractivity contribution < 1.29 is 45.0 Å². The molecule has 53 heavy (non-hydrogen) atoms. The van der Waals surface area contributed by atoms with E-state index in [4.69, 9.17) is 15.2 Å². The normalized spacial score (nSPS) is 21.4. The molecule has 282 valence electrons. The fourth-order valence-electron chi connectivity index (χ4n) is 7.21. The Balaban J connectivity index is 1.68. The zero-order valence-corrected chi connectivity index (χ0v) is 29.7. The van der Waals surface area contributed by atoms with Gasteiger partial charge < -0.3 is 25.0 Å². The Morgan fingerprint density at radius 2 is 1.85 bits per heavy atom. The van der Waals surface area contributed by atoms with Gasteiger partial charge in [-0.1, -0.05) is 12.6 Å². The average molecular weight is 766 g/mol. The predicted octanol–water partition coefficient (Wildman–Crippen LogP) is 6.85. The summed E-state index contributed by atoms with van der Waals surface area (Å²) in [5.41, 5.74) is -0.997. The van der Waals surface area contributed by atoms with E-state index < -0.39 is 86.3 Å². The summed E-state index contributed by atoms with van der Waals surface area (Å²) in [5, 5.41) is 8.51. The van der Waals surface area contributed by atoms with E-state index in [-0.39, 0.29) is 47.4 Å². The number of fused-ring (bicyclic) bond motifs is 2. The van der Waals surface area contributed by atoms with Crippen LogP contribution < -0.4 is 15.4 Å². The first-order valence-electron chi connectivity index (χ1n) is 16.4. The van der Waals surface area contributed by atoms with Crippen molar-refractivity contribution >= 4 is 49.1 Å². The first-order valence-corrected chi connectivity index (χ1v) is 17.2. The summed E-state index contributed by atoms with van der Waals surface area (Å²) in [6.07, 6.45) is -9.37. The molecule has 0 radical (unpaired) electrons. The maximum Gasteiger partial charge on any atom is 0.419 e. The van der Waals surface area contributed by atoms with Crippen LogP contribution >= 0.6 is 11.3 Å². The first-order chi connectivity index (χ1) is 24.9. The van der Waals surface area contributed by atoms with E-state index in [1.54, 1.807) is 27.0 Å². The van der Waals surface area contributed by atoms with E-state index in [2.05, 4.69) is 16.5 Å². The lowest BCUT2D eigenvalue weighted by Gasteiger charge is -2.44. The Hall–Kier alpha value is -4.73. The summed E-state index contributed by atoms with van der Waals surface area (Å²) in [6.45, 7) is 7.37. The second-order valence-corrected chi connectivity index (χ2v) is 14.2. The number of thiophene rings is 1. The van der Waals surface area contributed by atoms with Crippen molar-refractivity contribution in [2.45, 2.75) is 56.9 Å². The number of hydrogen-bond donors (Lipinski definition) is 1. The number of hydrogen-bond acceptors (Lipinski definition) is 10. The van der Waals surface area contributed by atoms with Crippen molar-refractivity contribution in [3.8, 4) is 23.2 Å². The largest absolute Gasteiger partial charge is 0.462 e. The SMILES string of the molecule is C=CC(=O)N1CC(C)N(c2nc(OCC3CC(OC)CN3C)nc3c(C(F)(F)F)c(-c4ccc(F)c5sc(N)c(C#N)c45)c(C(F)(F)F)cc23)CC1C. The molecule has 2 aliphatic heterocycles. The van der Waals surface area contributed by atoms with Gasteiger partial charge in [0.05, 0.1) is 33.0 Å². The number of alkyl halides is 6. The number of nitriles is 1. The molecule has 4 atom stereocenters. The number of carbonyl (C=O) groups excluding carboxylic acids is 1. The molecule has 6 rings (SSSR count). The lowest BCUT2D eigenvalue weighted by Crippen LogP contribution is -2.58. The molecule has 4 unspecified atom stereocenters. The highest BCUT2D eigenvalue weighted by atomic mass is 32.1. The maximum absolute atomic E-state index is 15.6. The van der Waals surface area contributed by atoms with E-state index in [0.29, 0.717) is 30.4 Å². The van der Waals surface area contributed by atoms with Crippen LogP contribution in [-0.4, -0.2) is 90.3 Å². The number of nitrogens with zero attached hydrogens (tertiary/aromatic N) is 6. The fourth-order valence-corrected chi connectivity index (χ4v) is 8.16. The summed E-state index contributed by atoms with van der Waals surface area (Å²) >= 11 is 0.536. The number of likely N-dealkylation sites (N-methyl/N-ethyl adjacent to an activating group) is 1. The molecule has 2 saturated heterocycles. The van der Waals surface area contributed by atoms with Gasteiger partial charge in [-0.15, -0.1) is 11.3 Å². The van der Waals surface area contributed by atoms with Gasteiger partial charge in [0.25, 0.3) is 0 Å². The Kier molecular flexibility index (Phi) is 9.98. The van der Waals surface area contributed by atoms with Crippen LogP contribution in [0.25, 0.3) is 32.1 Å². The number of aromatic nitrogens is 2. The van der Waals surface area contributed by atoms with E-state index in [9.17, 15) is 10.1 Å². The van der Waals surface area contributed by atoms with Crippen molar-refractivity contribution in [3.63, 3.8) is 0 Å². The second kappa shape index (κ2) is 13.9. The molecule has 0 aliphatic carbocycles. The first kappa shape index (κ1) is 38.0. The molecule has 4 aromatic rings. The van der Waals surface area contributed by atoms with Gasteiger partial charge in [0.2, 0.25) is 5.91 Å². The minimum atomic E-state index is -5.49. The molecule has 2 aromatic carbocycles. The quantitative estimate of drug-likeness (QED) is 0.159. The van der Waals surface area contributed by atoms with Crippen LogP contribution in [0.1, 0.15) is 37.0 Å². The van der Waals surface area contributed by atoms with Crippen LogP contribution in [-0.2, 0) is 21.9 Å². The van der Waals surface area contributed by atoms with E-state index in [1.807, 2.05) is 11.9 Å². The highest BCUT2D eigenvalue weighted by molar-refractivity contribution is 7.23. The fraction of sp³-hybridized carbons (Fsp3) is 0.429. The summed E-state index contributed by atoms with van der Waals surface area (Å²) in [5.74, 6) is -1.64. The molecule has 18 heteroatoms. The number of nitrogen functional groups attached to an aromatic ring is 1. The third-order valence-corrected chi connectivity index (χ3v) is 10.9. The van der Waals surface area contributed by atoms with Crippen molar-refractivity contribution in [1.29, 1.82) is 5.26 Å². The highest BCUT2D eigenvalue weighted by Crippen LogP contribution is 2.52. The van der Waals surface area contributed by atoms with Crippen LogP contribution in [0.5, 0.6) is 6.01 Å². The smallest absolute Gasteiger partial charge is 0.419 e. The minimum absolute atomic E-state index is 0.0179. The molecular formula is C35H34F7N7O3S. The molecule has 2 fully saturated rings. The number of piperazine rings is 1. The van der Waals surface area contributed by atoms with Crippen molar-refractivity contribution in [3.05, 3.63) is 53.4 Å². The topological polar surface area (TPSA) is 121 Å². The number of ether oxygens (including phenoxy) is 2. The molecule has 2 N–H and O–H groups in total. The van der Waals surface area contributed by atoms with E-state index in [1.165, 1.54) is 9.80 Å². The monoisotopic (exact) mass is 765 g/mol. The summed E-state index contributed by atoms with van der Waals surface area (Å²) in [4.78, 5) is 26.1. The molecule has 0 bridgehead atoms.